The van der Waals surface area contributed by atoms with Gasteiger partial charge >= 0.3 is 6.03 Å². The molecule has 0 aliphatic rings. The molecule has 8 heteroatoms. The molecule has 1 aromatic carbocycles. The Morgan fingerprint density at radius 2 is 2.11 bits per heavy atom. The minimum atomic E-state index is -0.576. The van der Waals surface area contributed by atoms with Crippen molar-refractivity contribution in [1.29, 1.82) is 0 Å². The zero-order chi connectivity index (χ0) is 14.3. The van der Waals surface area contributed by atoms with Crippen LogP contribution in [0.1, 0.15) is 6.92 Å². The summed E-state index contributed by atoms with van der Waals surface area (Å²) < 4.78 is 0. The van der Waals surface area contributed by atoms with Crippen molar-refractivity contribution in [2.75, 3.05) is 18.4 Å². The van der Waals surface area contributed by atoms with Gasteiger partial charge in [-0.25, -0.2) is 4.79 Å². The van der Waals surface area contributed by atoms with E-state index in [0.29, 0.717) is 12.2 Å². The van der Waals surface area contributed by atoms with E-state index in [2.05, 4.69) is 16.0 Å². The summed E-state index contributed by atoms with van der Waals surface area (Å²) in [7, 11) is 0. The van der Waals surface area contributed by atoms with Gasteiger partial charge in [-0.3, -0.25) is 20.2 Å². The molecule has 0 saturated carbocycles. The molecule has 0 fully saturated rings. The molecule has 0 aliphatic heterocycles. The van der Waals surface area contributed by atoms with Gasteiger partial charge in [-0.1, -0.05) is 6.07 Å². The Morgan fingerprint density at radius 3 is 2.74 bits per heavy atom. The van der Waals surface area contributed by atoms with Crippen molar-refractivity contribution in [3.05, 3.63) is 34.4 Å². The van der Waals surface area contributed by atoms with Gasteiger partial charge in [0, 0.05) is 24.4 Å². The first-order chi connectivity index (χ1) is 9.02. The molecule has 8 nitrogen and oxygen atoms in total. The quantitative estimate of drug-likeness (QED) is 0.540. The van der Waals surface area contributed by atoms with Gasteiger partial charge in [-0.05, 0) is 13.0 Å². The number of hydrogen-bond donors (Lipinski definition) is 3. The van der Waals surface area contributed by atoms with Crippen LogP contribution in [0, 0.1) is 10.1 Å². The predicted octanol–water partition coefficient (Wildman–Crippen LogP) is 0.852. The van der Waals surface area contributed by atoms with Gasteiger partial charge in [-0.15, -0.1) is 0 Å². The third-order valence-electron chi connectivity index (χ3n) is 2.10. The van der Waals surface area contributed by atoms with Crippen molar-refractivity contribution in [2.24, 2.45) is 0 Å². The number of non-ortho nitro benzene ring substituents is 1. The highest BCUT2D eigenvalue weighted by Crippen LogP contribution is 2.16. The van der Waals surface area contributed by atoms with E-state index in [-0.39, 0.29) is 12.2 Å². The second-order valence-electron chi connectivity index (χ2n) is 3.57. The smallest absolute Gasteiger partial charge is 0.321 e. The maximum Gasteiger partial charge on any atom is 0.321 e. The molecule has 1 rings (SSSR count). The summed E-state index contributed by atoms with van der Waals surface area (Å²) in [6.45, 7) is 1.99. The number of nitro benzene ring substituents is 1. The van der Waals surface area contributed by atoms with Gasteiger partial charge in [0.15, 0.2) is 0 Å². The van der Waals surface area contributed by atoms with Crippen LogP contribution in [-0.2, 0) is 4.79 Å². The zero-order valence-electron chi connectivity index (χ0n) is 10.3. The van der Waals surface area contributed by atoms with Crippen LogP contribution in [0.3, 0.4) is 0 Å². The summed E-state index contributed by atoms with van der Waals surface area (Å²) in [4.78, 5) is 32.4. The number of anilines is 1. The minimum absolute atomic E-state index is 0.0749. The molecule has 1 aromatic rings. The molecule has 0 aromatic heterocycles. The summed E-state index contributed by atoms with van der Waals surface area (Å²) in [6.07, 6.45) is 0. The van der Waals surface area contributed by atoms with Crippen LogP contribution in [0.5, 0.6) is 0 Å². The molecule has 19 heavy (non-hydrogen) atoms. The number of hydrogen-bond acceptors (Lipinski definition) is 5. The van der Waals surface area contributed by atoms with E-state index in [1.165, 1.54) is 18.2 Å². The van der Waals surface area contributed by atoms with Crippen molar-refractivity contribution >= 4 is 23.3 Å². The number of nitrogens with one attached hydrogen (secondary N) is 3. The highest BCUT2D eigenvalue weighted by atomic mass is 16.6. The fraction of sp³-hybridized carbons (Fsp3) is 0.273. The van der Waals surface area contributed by atoms with E-state index in [0.717, 1.165) is 0 Å². The number of urea groups is 1. The minimum Gasteiger partial charge on any atom is -0.376 e. The molecule has 0 radical (unpaired) electrons. The van der Waals surface area contributed by atoms with Crippen molar-refractivity contribution in [3.63, 3.8) is 0 Å². The summed E-state index contributed by atoms with van der Waals surface area (Å²) in [5.74, 6) is -0.530. The molecule has 0 unspecified atom stereocenters. The van der Waals surface area contributed by atoms with E-state index in [1.807, 2.05) is 0 Å². The Balaban J connectivity index is 2.48. The number of nitrogens with zero attached hydrogens (tertiary/aromatic N) is 1. The van der Waals surface area contributed by atoms with Crippen LogP contribution in [-0.4, -0.2) is 30.0 Å². The average Bonchev–Trinajstić information content (AvgIpc) is 2.37. The molecular weight excluding hydrogens is 252 g/mol. The molecule has 3 amide bonds. The average molecular weight is 266 g/mol. The number of amides is 3. The van der Waals surface area contributed by atoms with E-state index in [4.69, 9.17) is 0 Å². The molecule has 0 heterocycles. The Hall–Kier alpha value is -2.64. The van der Waals surface area contributed by atoms with Crippen molar-refractivity contribution in [2.45, 2.75) is 6.92 Å². The van der Waals surface area contributed by atoms with Crippen LogP contribution in [0.15, 0.2) is 24.3 Å². The van der Waals surface area contributed by atoms with E-state index in [1.54, 1.807) is 13.0 Å². The van der Waals surface area contributed by atoms with Gasteiger partial charge in [0.25, 0.3) is 5.69 Å². The molecular formula is C11H14N4O4. The van der Waals surface area contributed by atoms with E-state index >= 15 is 0 Å². The molecule has 0 spiro atoms. The van der Waals surface area contributed by atoms with Crippen LogP contribution in [0.4, 0.5) is 16.2 Å². The number of carbonyl (C=O) groups excluding carboxylic acids is 2. The Kier molecular flexibility index (Phi) is 5.27. The predicted molar refractivity (Wildman–Crippen MR) is 68.8 cm³/mol. The largest absolute Gasteiger partial charge is 0.376 e. The number of benzene rings is 1. The molecule has 102 valence electrons. The van der Waals surface area contributed by atoms with Gasteiger partial charge in [0.2, 0.25) is 5.91 Å². The number of carbonyl (C=O) groups is 2. The Bertz CT molecular complexity index is 489. The van der Waals surface area contributed by atoms with Crippen LogP contribution >= 0.6 is 0 Å². The van der Waals surface area contributed by atoms with Crippen molar-refractivity contribution in [1.82, 2.24) is 10.6 Å². The highest BCUT2D eigenvalue weighted by molar-refractivity contribution is 5.96. The second-order valence-corrected chi connectivity index (χ2v) is 3.57. The van der Waals surface area contributed by atoms with Gasteiger partial charge in [-0.2, -0.15) is 0 Å². The lowest BCUT2D eigenvalue weighted by Crippen LogP contribution is -2.41. The van der Waals surface area contributed by atoms with Gasteiger partial charge in [0.1, 0.15) is 0 Å². The lowest BCUT2D eigenvalue weighted by Gasteiger charge is -2.07. The fourth-order valence-corrected chi connectivity index (χ4v) is 1.29. The lowest BCUT2D eigenvalue weighted by molar-refractivity contribution is -0.384. The monoisotopic (exact) mass is 266 g/mol. The third-order valence-corrected chi connectivity index (χ3v) is 2.10. The fourth-order valence-electron chi connectivity index (χ4n) is 1.29. The Labute approximate surface area is 109 Å². The normalized spacial score (nSPS) is 9.53. The molecule has 0 aliphatic carbocycles. The first-order valence-electron chi connectivity index (χ1n) is 5.59. The second kappa shape index (κ2) is 6.94. The third kappa shape index (κ3) is 5.02. The standard InChI is InChI=1S/C11H14N4O4/c1-2-12-11(17)14-10(16)7-13-8-4-3-5-9(6-8)15(18)19/h3-6,13H,2,7H2,1H3,(H2,12,14,16,17). The van der Waals surface area contributed by atoms with E-state index < -0.39 is 16.9 Å². The highest BCUT2D eigenvalue weighted by Gasteiger charge is 2.08. The molecule has 3 N–H and O–H groups in total. The van der Waals surface area contributed by atoms with E-state index in [9.17, 15) is 19.7 Å². The summed E-state index contributed by atoms with van der Waals surface area (Å²) in [5, 5.41) is 17.8. The van der Waals surface area contributed by atoms with Gasteiger partial charge in [0.05, 0.1) is 11.5 Å². The first kappa shape index (κ1) is 14.4. The molecule has 0 bridgehead atoms. The number of imide groups is 1. The lowest BCUT2D eigenvalue weighted by atomic mass is 10.3. The molecule has 0 atom stereocenters. The molecule has 0 saturated heterocycles. The zero-order valence-corrected chi connectivity index (χ0v) is 10.3. The summed E-state index contributed by atoms with van der Waals surface area (Å²) in [5.41, 5.74) is 0.356. The first-order valence-corrected chi connectivity index (χ1v) is 5.59. The van der Waals surface area contributed by atoms with Crippen LogP contribution < -0.4 is 16.0 Å². The number of nitro groups is 1. The van der Waals surface area contributed by atoms with Crippen molar-refractivity contribution < 1.29 is 14.5 Å². The Morgan fingerprint density at radius 1 is 1.37 bits per heavy atom. The van der Waals surface area contributed by atoms with Crippen LogP contribution in [0.25, 0.3) is 0 Å². The summed E-state index contributed by atoms with van der Waals surface area (Å²) in [6, 6.07) is 5.17. The maximum absolute atomic E-state index is 11.4. The SMILES string of the molecule is CCNC(=O)NC(=O)CNc1cccc([N+](=O)[O-])c1. The van der Waals surface area contributed by atoms with Crippen LogP contribution in [0.2, 0.25) is 0 Å². The topological polar surface area (TPSA) is 113 Å². The van der Waals surface area contributed by atoms with Crippen molar-refractivity contribution in [3.8, 4) is 0 Å². The number of rotatable bonds is 5. The summed E-state index contributed by atoms with van der Waals surface area (Å²) >= 11 is 0. The van der Waals surface area contributed by atoms with Gasteiger partial charge < -0.3 is 10.6 Å². The maximum atomic E-state index is 11.4.